The van der Waals surface area contributed by atoms with Crippen molar-refractivity contribution in [2.75, 3.05) is 13.7 Å². The van der Waals surface area contributed by atoms with Crippen molar-refractivity contribution < 1.29 is 19.1 Å². The number of methoxy groups -OCH3 is 1. The van der Waals surface area contributed by atoms with Crippen molar-refractivity contribution in [2.45, 2.75) is 13.3 Å². The Morgan fingerprint density at radius 3 is 2.59 bits per heavy atom. The van der Waals surface area contributed by atoms with Gasteiger partial charge in [-0.15, -0.1) is 0 Å². The molecule has 2 rings (SSSR count). The van der Waals surface area contributed by atoms with E-state index < -0.39 is 11.8 Å². The Kier molecular flexibility index (Phi) is 7.88. The van der Waals surface area contributed by atoms with Crippen LogP contribution in [0, 0.1) is 0 Å². The summed E-state index contributed by atoms with van der Waals surface area (Å²) in [6.45, 7) is 2.56. The van der Waals surface area contributed by atoms with Crippen LogP contribution in [0.4, 0.5) is 0 Å². The highest BCUT2D eigenvalue weighted by molar-refractivity contribution is 9.10. The molecule has 2 N–H and O–H groups in total. The van der Waals surface area contributed by atoms with Crippen molar-refractivity contribution in [3.05, 3.63) is 64.1 Å². The molecule has 0 radical (unpaired) electrons. The molecule has 6 nitrogen and oxygen atoms in total. The molecule has 0 atom stereocenters. The van der Waals surface area contributed by atoms with Crippen molar-refractivity contribution in [3.63, 3.8) is 0 Å². The summed E-state index contributed by atoms with van der Waals surface area (Å²) in [5.74, 6) is 0.111. The summed E-state index contributed by atoms with van der Waals surface area (Å²) in [5.41, 5.74) is 5.90. The van der Waals surface area contributed by atoms with Crippen LogP contribution in [-0.2, 0) is 4.79 Å². The molecule has 0 fully saturated rings. The van der Waals surface area contributed by atoms with Crippen LogP contribution in [-0.4, -0.2) is 25.5 Å². The lowest BCUT2D eigenvalue weighted by Gasteiger charge is -2.12. The summed E-state index contributed by atoms with van der Waals surface area (Å²) in [4.78, 5) is 24.1. The first-order chi connectivity index (χ1) is 13.0. The van der Waals surface area contributed by atoms with Gasteiger partial charge in [-0.2, -0.15) is 0 Å². The number of nitrogens with one attached hydrogen (secondary N) is 2. The van der Waals surface area contributed by atoms with Crippen molar-refractivity contribution in [1.82, 2.24) is 10.9 Å². The van der Waals surface area contributed by atoms with Crippen LogP contribution in [0.1, 0.15) is 29.3 Å². The van der Waals surface area contributed by atoms with Crippen LogP contribution in [0.15, 0.2) is 53.0 Å². The summed E-state index contributed by atoms with van der Waals surface area (Å²) in [7, 11) is 1.50. The monoisotopic (exact) mass is 432 g/mol. The number of amides is 2. The van der Waals surface area contributed by atoms with Crippen LogP contribution >= 0.6 is 15.9 Å². The van der Waals surface area contributed by atoms with Gasteiger partial charge in [0.05, 0.1) is 13.7 Å². The number of halogens is 1. The van der Waals surface area contributed by atoms with Crippen molar-refractivity contribution in [1.29, 1.82) is 0 Å². The standard InChI is InChI=1S/C20H21BrN2O4/c1-3-12-27-17-10-8-15(13-18(17)26-2)20(25)23-22-19(24)11-9-14-6-4-5-7-16(14)21/h4-11,13H,3,12H2,1-2H3,(H,22,24)(H,23,25)/b11-9+. The van der Waals surface area contributed by atoms with E-state index in [1.165, 1.54) is 13.2 Å². The summed E-state index contributed by atoms with van der Waals surface area (Å²) in [5, 5.41) is 0. The molecule has 0 unspecified atom stereocenters. The third kappa shape index (κ3) is 6.14. The van der Waals surface area contributed by atoms with E-state index in [0.717, 1.165) is 16.5 Å². The summed E-state index contributed by atoms with van der Waals surface area (Å²) < 4.78 is 11.7. The first-order valence-electron chi connectivity index (χ1n) is 8.39. The van der Waals surface area contributed by atoms with Gasteiger partial charge < -0.3 is 9.47 Å². The smallest absolute Gasteiger partial charge is 0.269 e. The highest BCUT2D eigenvalue weighted by atomic mass is 79.9. The van der Waals surface area contributed by atoms with Gasteiger partial charge in [-0.25, -0.2) is 0 Å². The number of hydrogen-bond donors (Lipinski definition) is 2. The number of hydrogen-bond acceptors (Lipinski definition) is 4. The second kappa shape index (κ2) is 10.4. The number of ether oxygens (including phenoxy) is 2. The maximum atomic E-state index is 12.2. The second-order valence-corrected chi connectivity index (χ2v) is 6.37. The zero-order valence-corrected chi connectivity index (χ0v) is 16.7. The Hall–Kier alpha value is -2.80. The van der Waals surface area contributed by atoms with Gasteiger partial charge in [0.15, 0.2) is 11.5 Å². The molecule has 142 valence electrons. The molecule has 0 saturated heterocycles. The van der Waals surface area contributed by atoms with Gasteiger partial charge in [-0.1, -0.05) is 41.1 Å². The molecular weight excluding hydrogens is 412 g/mol. The van der Waals surface area contributed by atoms with E-state index >= 15 is 0 Å². The van der Waals surface area contributed by atoms with E-state index in [0.29, 0.717) is 23.7 Å². The second-order valence-electron chi connectivity index (χ2n) is 5.51. The van der Waals surface area contributed by atoms with Crippen LogP contribution in [0.5, 0.6) is 11.5 Å². The van der Waals surface area contributed by atoms with E-state index in [-0.39, 0.29) is 0 Å². The van der Waals surface area contributed by atoms with E-state index in [9.17, 15) is 9.59 Å². The van der Waals surface area contributed by atoms with Crippen molar-refractivity contribution in [3.8, 4) is 11.5 Å². The molecule has 0 heterocycles. The fraction of sp³-hybridized carbons (Fsp3) is 0.200. The topological polar surface area (TPSA) is 76.7 Å². The van der Waals surface area contributed by atoms with Gasteiger partial charge in [0.25, 0.3) is 11.8 Å². The Labute approximate surface area is 166 Å². The fourth-order valence-electron chi connectivity index (χ4n) is 2.15. The number of benzene rings is 2. The Morgan fingerprint density at radius 1 is 1.11 bits per heavy atom. The zero-order chi connectivity index (χ0) is 19.6. The fourth-order valence-corrected chi connectivity index (χ4v) is 2.56. The third-order valence-corrected chi connectivity index (χ3v) is 4.23. The first-order valence-corrected chi connectivity index (χ1v) is 9.18. The van der Waals surface area contributed by atoms with Gasteiger partial charge in [0, 0.05) is 16.1 Å². The molecular formula is C20H21BrN2O4. The highest BCUT2D eigenvalue weighted by Crippen LogP contribution is 2.28. The Balaban J connectivity index is 1.95. The minimum atomic E-state index is -0.460. The third-order valence-electron chi connectivity index (χ3n) is 3.51. The van der Waals surface area contributed by atoms with Gasteiger partial charge in [-0.05, 0) is 42.3 Å². The Bertz CT molecular complexity index is 836. The van der Waals surface area contributed by atoms with Crippen LogP contribution in [0.25, 0.3) is 6.08 Å². The maximum Gasteiger partial charge on any atom is 0.269 e. The van der Waals surface area contributed by atoms with Gasteiger partial charge in [-0.3, -0.25) is 20.4 Å². The molecule has 0 aliphatic heterocycles. The predicted octanol–water partition coefficient (Wildman–Crippen LogP) is 3.72. The van der Waals surface area contributed by atoms with E-state index in [2.05, 4.69) is 26.8 Å². The number of rotatable bonds is 7. The zero-order valence-electron chi connectivity index (χ0n) is 15.1. The van der Waals surface area contributed by atoms with E-state index in [4.69, 9.17) is 9.47 Å². The Morgan fingerprint density at radius 2 is 1.89 bits per heavy atom. The molecule has 0 saturated carbocycles. The van der Waals surface area contributed by atoms with Gasteiger partial charge in [0.2, 0.25) is 0 Å². The summed E-state index contributed by atoms with van der Waals surface area (Å²) >= 11 is 3.40. The molecule has 27 heavy (non-hydrogen) atoms. The highest BCUT2D eigenvalue weighted by Gasteiger charge is 2.11. The quantitative estimate of drug-likeness (QED) is 0.516. The molecule has 0 spiro atoms. The largest absolute Gasteiger partial charge is 0.493 e. The first kappa shape index (κ1) is 20.5. The molecule has 7 heteroatoms. The lowest BCUT2D eigenvalue weighted by atomic mass is 10.2. The van der Waals surface area contributed by atoms with Crippen LogP contribution in [0.3, 0.4) is 0 Å². The number of carbonyl (C=O) groups excluding carboxylic acids is 2. The minimum Gasteiger partial charge on any atom is -0.493 e. The predicted molar refractivity (Wildman–Crippen MR) is 108 cm³/mol. The molecule has 2 aromatic carbocycles. The van der Waals surface area contributed by atoms with Gasteiger partial charge >= 0.3 is 0 Å². The number of carbonyl (C=O) groups is 2. The average molecular weight is 433 g/mol. The minimum absolute atomic E-state index is 0.339. The molecule has 0 aliphatic rings. The molecule has 0 aliphatic carbocycles. The molecule has 0 bridgehead atoms. The molecule has 2 aromatic rings. The van der Waals surface area contributed by atoms with Crippen LogP contribution < -0.4 is 20.3 Å². The van der Waals surface area contributed by atoms with Crippen LogP contribution in [0.2, 0.25) is 0 Å². The summed E-state index contributed by atoms with van der Waals surface area (Å²) in [6.07, 6.45) is 3.85. The van der Waals surface area contributed by atoms with Crippen molar-refractivity contribution >= 4 is 33.8 Å². The molecule has 2 amide bonds. The molecule has 0 aromatic heterocycles. The van der Waals surface area contributed by atoms with E-state index in [1.54, 1.807) is 24.3 Å². The lowest BCUT2D eigenvalue weighted by Crippen LogP contribution is -2.40. The van der Waals surface area contributed by atoms with E-state index in [1.807, 2.05) is 31.2 Å². The van der Waals surface area contributed by atoms with Crippen molar-refractivity contribution in [2.24, 2.45) is 0 Å². The normalized spacial score (nSPS) is 10.5. The number of hydrazine groups is 1. The van der Waals surface area contributed by atoms with Gasteiger partial charge in [0.1, 0.15) is 0 Å². The summed E-state index contributed by atoms with van der Waals surface area (Å²) in [6, 6.07) is 12.3. The average Bonchev–Trinajstić information content (AvgIpc) is 2.69. The lowest BCUT2D eigenvalue weighted by molar-refractivity contribution is -0.117. The maximum absolute atomic E-state index is 12.2. The SMILES string of the molecule is CCCOc1ccc(C(=O)NNC(=O)/C=C/c2ccccc2Br)cc1OC.